The van der Waals surface area contributed by atoms with Gasteiger partial charge in [-0.25, -0.2) is 4.79 Å². The van der Waals surface area contributed by atoms with Crippen molar-refractivity contribution in [1.82, 2.24) is 5.32 Å². The molecule has 1 fully saturated rings. The minimum Gasteiger partial charge on any atom is -0.466 e. The van der Waals surface area contributed by atoms with Crippen molar-refractivity contribution in [2.24, 2.45) is 0 Å². The number of rotatable bonds is 6. The fraction of sp³-hybridized carbons (Fsp3) is 0.286. The first kappa shape index (κ1) is 19.4. The summed E-state index contributed by atoms with van der Waals surface area (Å²) in [7, 11) is 0. The third-order valence-electron chi connectivity index (χ3n) is 4.44. The zero-order valence-corrected chi connectivity index (χ0v) is 15.7. The van der Waals surface area contributed by atoms with Gasteiger partial charge in [0.05, 0.1) is 13.0 Å². The maximum absolute atomic E-state index is 12.5. The second-order valence-corrected chi connectivity index (χ2v) is 6.44. The summed E-state index contributed by atoms with van der Waals surface area (Å²) in [5.74, 6) is -0.408. The van der Waals surface area contributed by atoms with Crippen molar-refractivity contribution in [2.75, 3.05) is 23.4 Å². The summed E-state index contributed by atoms with van der Waals surface area (Å²) < 4.78 is 4.91. The van der Waals surface area contributed by atoms with Crippen LogP contribution in [0.1, 0.15) is 18.9 Å². The van der Waals surface area contributed by atoms with Crippen LogP contribution in [0.15, 0.2) is 54.6 Å². The highest BCUT2D eigenvalue weighted by atomic mass is 16.5. The highest BCUT2D eigenvalue weighted by Gasteiger charge is 2.33. The first-order chi connectivity index (χ1) is 13.6. The number of nitrogens with zero attached hydrogens (tertiary/aromatic N) is 1. The number of nitrogens with one attached hydrogen (secondary N) is 2. The molecule has 0 spiro atoms. The van der Waals surface area contributed by atoms with Gasteiger partial charge >= 0.3 is 12.0 Å². The predicted octanol–water partition coefficient (Wildman–Crippen LogP) is 2.72. The van der Waals surface area contributed by atoms with Gasteiger partial charge in [-0.3, -0.25) is 9.59 Å². The normalized spacial score (nSPS) is 16.0. The molecule has 0 aliphatic carbocycles. The van der Waals surface area contributed by atoms with E-state index in [-0.39, 0.29) is 18.3 Å². The van der Waals surface area contributed by atoms with Gasteiger partial charge < -0.3 is 20.3 Å². The Bertz CT molecular complexity index is 836. The van der Waals surface area contributed by atoms with Crippen molar-refractivity contribution in [1.29, 1.82) is 0 Å². The standard InChI is InChI=1S/C21H23N3O4/c1-2-28-19(25)14-15-8-10-16(11-9-15)22-21(27)23-18-12-13-24(20(18)26)17-6-4-3-5-7-17/h3-11,18H,2,12-14H2,1H3,(H2,22,23,27)/t18-/m1/s1. The number of para-hydroxylation sites is 1. The van der Waals surface area contributed by atoms with Crippen LogP contribution in [0.5, 0.6) is 0 Å². The lowest BCUT2D eigenvalue weighted by molar-refractivity contribution is -0.142. The monoisotopic (exact) mass is 381 g/mol. The molecule has 2 aromatic rings. The average Bonchev–Trinajstić information content (AvgIpc) is 3.04. The van der Waals surface area contributed by atoms with E-state index in [0.717, 1.165) is 11.3 Å². The molecule has 0 aromatic heterocycles. The van der Waals surface area contributed by atoms with Gasteiger partial charge in [0.15, 0.2) is 0 Å². The van der Waals surface area contributed by atoms with Crippen molar-refractivity contribution in [3.05, 3.63) is 60.2 Å². The number of urea groups is 1. The van der Waals surface area contributed by atoms with Crippen LogP contribution in [0.2, 0.25) is 0 Å². The molecular formula is C21H23N3O4. The molecule has 0 bridgehead atoms. The highest BCUT2D eigenvalue weighted by molar-refractivity contribution is 6.02. The largest absolute Gasteiger partial charge is 0.466 e. The lowest BCUT2D eigenvalue weighted by Gasteiger charge is -2.17. The van der Waals surface area contributed by atoms with Gasteiger partial charge in [0.25, 0.3) is 0 Å². The third kappa shape index (κ3) is 4.88. The van der Waals surface area contributed by atoms with Crippen molar-refractivity contribution in [3.63, 3.8) is 0 Å². The summed E-state index contributed by atoms with van der Waals surface area (Å²) in [6.07, 6.45) is 0.742. The number of anilines is 2. The summed E-state index contributed by atoms with van der Waals surface area (Å²) in [5, 5.41) is 5.44. The number of amides is 3. The van der Waals surface area contributed by atoms with Gasteiger partial charge in [-0.1, -0.05) is 30.3 Å². The first-order valence-electron chi connectivity index (χ1n) is 9.25. The van der Waals surface area contributed by atoms with Crippen LogP contribution in [0, 0.1) is 0 Å². The topological polar surface area (TPSA) is 87.7 Å². The molecule has 3 amide bonds. The Balaban J connectivity index is 1.52. The van der Waals surface area contributed by atoms with E-state index in [4.69, 9.17) is 4.74 Å². The predicted molar refractivity (Wildman–Crippen MR) is 106 cm³/mol. The molecule has 0 unspecified atom stereocenters. The third-order valence-corrected chi connectivity index (χ3v) is 4.44. The number of carbonyl (C=O) groups is 3. The van der Waals surface area contributed by atoms with Gasteiger partial charge in [-0.2, -0.15) is 0 Å². The van der Waals surface area contributed by atoms with Crippen LogP contribution in [0.25, 0.3) is 0 Å². The molecule has 1 saturated heterocycles. The van der Waals surface area contributed by atoms with Crippen molar-refractivity contribution in [3.8, 4) is 0 Å². The summed E-state index contributed by atoms with van der Waals surface area (Å²) >= 11 is 0. The van der Waals surface area contributed by atoms with Gasteiger partial charge in [0.1, 0.15) is 6.04 Å². The molecule has 7 heteroatoms. The summed E-state index contributed by atoms with van der Waals surface area (Å²) in [6, 6.07) is 15.3. The smallest absolute Gasteiger partial charge is 0.319 e. The molecule has 0 saturated carbocycles. The molecule has 1 aliphatic heterocycles. The number of hydrogen-bond donors (Lipinski definition) is 2. The zero-order chi connectivity index (χ0) is 19.9. The van der Waals surface area contributed by atoms with E-state index in [1.807, 2.05) is 30.3 Å². The van der Waals surface area contributed by atoms with E-state index < -0.39 is 12.1 Å². The van der Waals surface area contributed by atoms with Crippen LogP contribution >= 0.6 is 0 Å². The van der Waals surface area contributed by atoms with Gasteiger partial charge in [0.2, 0.25) is 5.91 Å². The Morgan fingerprint density at radius 2 is 1.82 bits per heavy atom. The molecule has 2 N–H and O–H groups in total. The number of benzene rings is 2. The maximum Gasteiger partial charge on any atom is 0.319 e. The SMILES string of the molecule is CCOC(=O)Cc1ccc(NC(=O)N[C@@H]2CCN(c3ccccc3)C2=O)cc1. The van der Waals surface area contributed by atoms with E-state index in [1.54, 1.807) is 36.1 Å². The first-order valence-corrected chi connectivity index (χ1v) is 9.25. The summed E-state index contributed by atoms with van der Waals surface area (Å²) in [5.41, 5.74) is 2.21. The number of carbonyl (C=O) groups excluding carboxylic acids is 3. The number of hydrogen-bond acceptors (Lipinski definition) is 4. The molecule has 2 aromatic carbocycles. The van der Waals surface area contributed by atoms with E-state index >= 15 is 0 Å². The second-order valence-electron chi connectivity index (χ2n) is 6.44. The number of ether oxygens (including phenoxy) is 1. The Kier molecular flexibility index (Phi) is 6.26. The summed E-state index contributed by atoms with van der Waals surface area (Å²) in [6.45, 7) is 2.67. The Morgan fingerprint density at radius 1 is 1.11 bits per heavy atom. The fourth-order valence-corrected chi connectivity index (χ4v) is 3.09. The second kappa shape index (κ2) is 9.03. The van der Waals surface area contributed by atoms with Crippen molar-refractivity contribution >= 4 is 29.3 Å². The molecule has 3 rings (SSSR count). The van der Waals surface area contributed by atoms with Crippen LogP contribution in [0.3, 0.4) is 0 Å². The van der Waals surface area contributed by atoms with Gasteiger partial charge in [-0.15, -0.1) is 0 Å². The van der Waals surface area contributed by atoms with Crippen LogP contribution in [-0.2, 0) is 20.7 Å². The zero-order valence-electron chi connectivity index (χ0n) is 15.7. The lowest BCUT2D eigenvalue weighted by atomic mass is 10.1. The number of esters is 1. The average molecular weight is 381 g/mol. The Hall–Kier alpha value is -3.35. The fourth-order valence-electron chi connectivity index (χ4n) is 3.09. The van der Waals surface area contributed by atoms with Crippen LogP contribution in [0.4, 0.5) is 16.2 Å². The van der Waals surface area contributed by atoms with Crippen molar-refractivity contribution < 1.29 is 19.1 Å². The summed E-state index contributed by atoms with van der Waals surface area (Å²) in [4.78, 5) is 37.9. The van der Waals surface area contributed by atoms with Crippen LogP contribution in [-0.4, -0.2) is 37.1 Å². The Labute approximate surface area is 163 Å². The van der Waals surface area contributed by atoms with E-state index in [9.17, 15) is 14.4 Å². The molecule has 1 atom stereocenters. The Morgan fingerprint density at radius 3 is 2.50 bits per heavy atom. The van der Waals surface area contributed by atoms with E-state index in [1.165, 1.54) is 0 Å². The van der Waals surface area contributed by atoms with Gasteiger partial charge in [0, 0.05) is 17.9 Å². The molecule has 7 nitrogen and oxygen atoms in total. The van der Waals surface area contributed by atoms with E-state index in [0.29, 0.717) is 25.3 Å². The highest BCUT2D eigenvalue weighted by Crippen LogP contribution is 2.21. The molecule has 146 valence electrons. The molecule has 1 heterocycles. The van der Waals surface area contributed by atoms with Crippen LogP contribution < -0.4 is 15.5 Å². The van der Waals surface area contributed by atoms with Crippen molar-refractivity contribution in [2.45, 2.75) is 25.8 Å². The molecule has 0 radical (unpaired) electrons. The van der Waals surface area contributed by atoms with Gasteiger partial charge in [-0.05, 0) is 43.2 Å². The lowest BCUT2D eigenvalue weighted by Crippen LogP contribution is -2.43. The molecule has 28 heavy (non-hydrogen) atoms. The maximum atomic E-state index is 12.5. The quantitative estimate of drug-likeness (QED) is 0.753. The molecule has 1 aliphatic rings. The minimum atomic E-state index is -0.553. The van der Waals surface area contributed by atoms with E-state index in [2.05, 4.69) is 10.6 Å². The molecular weight excluding hydrogens is 358 g/mol. The minimum absolute atomic E-state index is 0.119.